The maximum absolute atomic E-state index is 12.2. The van der Waals surface area contributed by atoms with Gasteiger partial charge >= 0.3 is 5.63 Å². The summed E-state index contributed by atoms with van der Waals surface area (Å²) < 4.78 is 31.6. The Hall–Kier alpha value is -1.70. The first-order valence-electron chi connectivity index (χ1n) is 6.51. The van der Waals surface area contributed by atoms with E-state index in [1.165, 1.54) is 30.3 Å². The smallest absolute Gasteiger partial charge is 0.336 e. The van der Waals surface area contributed by atoms with Crippen LogP contribution in [0.2, 0.25) is 0 Å². The molecular formula is C14H17NO5S. The highest BCUT2D eigenvalue weighted by Crippen LogP contribution is 2.17. The molecule has 114 valence electrons. The zero-order valence-corrected chi connectivity index (χ0v) is 12.6. The molecule has 0 spiro atoms. The number of fused-ring (bicyclic) bond motifs is 1. The predicted molar refractivity (Wildman–Crippen MR) is 78.5 cm³/mol. The predicted octanol–water partition coefficient (Wildman–Crippen LogP) is 1.09. The molecule has 1 heterocycles. The number of rotatable bonds is 5. The number of aliphatic hydroxyl groups excluding tert-OH is 1. The quantitative estimate of drug-likeness (QED) is 0.806. The summed E-state index contributed by atoms with van der Waals surface area (Å²) in [5.74, 6) is -0.0430. The van der Waals surface area contributed by atoms with Crippen molar-refractivity contribution in [2.24, 2.45) is 5.92 Å². The molecule has 1 aromatic carbocycles. The molecule has 21 heavy (non-hydrogen) atoms. The highest BCUT2D eigenvalue weighted by molar-refractivity contribution is 7.89. The lowest BCUT2D eigenvalue weighted by Crippen LogP contribution is -2.34. The summed E-state index contributed by atoms with van der Waals surface area (Å²) in [6.45, 7) is 3.55. The molecule has 1 aromatic heterocycles. The summed E-state index contributed by atoms with van der Waals surface area (Å²) in [6.07, 6.45) is -0.752. The maximum atomic E-state index is 12.2. The van der Waals surface area contributed by atoms with Gasteiger partial charge in [-0.2, -0.15) is 0 Å². The van der Waals surface area contributed by atoms with Crippen LogP contribution in [0.5, 0.6) is 0 Å². The van der Waals surface area contributed by atoms with E-state index in [1.807, 2.05) is 0 Å². The topological polar surface area (TPSA) is 96.6 Å². The Bertz CT molecular complexity index is 794. The van der Waals surface area contributed by atoms with Gasteiger partial charge in [0, 0.05) is 18.0 Å². The number of benzene rings is 1. The molecule has 0 saturated carbocycles. The molecule has 0 fully saturated rings. The molecule has 2 aromatic rings. The van der Waals surface area contributed by atoms with Crippen molar-refractivity contribution < 1.29 is 17.9 Å². The Kier molecular flexibility index (Phi) is 4.46. The van der Waals surface area contributed by atoms with Gasteiger partial charge in [0.15, 0.2) is 0 Å². The van der Waals surface area contributed by atoms with Crippen LogP contribution in [0, 0.1) is 5.92 Å². The fourth-order valence-corrected chi connectivity index (χ4v) is 2.82. The molecule has 0 aliphatic rings. The Morgan fingerprint density at radius 1 is 1.24 bits per heavy atom. The van der Waals surface area contributed by atoms with E-state index in [2.05, 4.69) is 4.72 Å². The summed E-state index contributed by atoms with van der Waals surface area (Å²) in [5.41, 5.74) is -0.167. The minimum absolute atomic E-state index is 0.0430. The number of hydrogen-bond acceptors (Lipinski definition) is 5. The van der Waals surface area contributed by atoms with Gasteiger partial charge in [0.1, 0.15) is 5.58 Å². The van der Waals surface area contributed by atoms with Crippen molar-refractivity contribution in [3.05, 3.63) is 40.8 Å². The van der Waals surface area contributed by atoms with Crippen LogP contribution < -0.4 is 10.3 Å². The van der Waals surface area contributed by atoms with E-state index in [-0.39, 0.29) is 17.4 Å². The van der Waals surface area contributed by atoms with Gasteiger partial charge in [0.05, 0.1) is 11.0 Å². The third kappa shape index (κ3) is 3.69. The van der Waals surface area contributed by atoms with Crippen molar-refractivity contribution in [2.75, 3.05) is 6.54 Å². The molecule has 0 amide bonds. The van der Waals surface area contributed by atoms with E-state index < -0.39 is 21.8 Å². The number of nitrogens with one attached hydrogen (secondary N) is 1. The van der Waals surface area contributed by atoms with Gasteiger partial charge in [-0.1, -0.05) is 13.8 Å². The Balaban J connectivity index is 2.28. The number of aliphatic hydroxyl groups is 1. The van der Waals surface area contributed by atoms with Crippen LogP contribution in [0.25, 0.3) is 11.0 Å². The van der Waals surface area contributed by atoms with Gasteiger partial charge in [0.2, 0.25) is 10.0 Å². The van der Waals surface area contributed by atoms with Crippen molar-refractivity contribution in [3.8, 4) is 0 Å². The lowest BCUT2D eigenvalue weighted by Gasteiger charge is -2.15. The van der Waals surface area contributed by atoms with Gasteiger partial charge in [0.25, 0.3) is 0 Å². The first-order chi connectivity index (χ1) is 9.79. The van der Waals surface area contributed by atoms with E-state index in [1.54, 1.807) is 13.8 Å². The third-order valence-corrected chi connectivity index (χ3v) is 4.57. The van der Waals surface area contributed by atoms with E-state index in [9.17, 15) is 18.3 Å². The molecule has 0 bridgehead atoms. The molecule has 2 N–H and O–H groups in total. The average molecular weight is 311 g/mol. The van der Waals surface area contributed by atoms with Crippen LogP contribution in [-0.2, 0) is 10.0 Å². The second kappa shape index (κ2) is 5.97. The van der Waals surface area contributed by atoms with Crippen molar-refractivity contribution in [2.45, 2.75) is 24.8 Å². The van der Waals surface area contributed by atoms with Gasteiger partial charge in [-0.25, -0.2) is 17.9 Å². The summed E-state index contributed by atoms with van der Waals surface area (Å²) in [6, 6.07) is 6.94. The lowest BCUT2D eigenvalue weighted by molar-refractivity contribution is 0.129. The molecular weight excluding hydrogens is 294 g/mol. The summed E-state index contributed by atoms with van der Waals surface area (Å²) in [5, 5.41) is 10.2. The molecule has 2 rings (SSSR count). The third-order valence-electron chi connectivity index (χ3n) is 3.15. The fourth-order valence-electron chi connectivity index (χ4n) is 1.73. The van der Waals surface area contributed by atoms with Crippen LogP contribution in [0.3, 0.4) is 0 Å². The Morgan fingerprint density at radius 3 is 2.62 bits per heavy atom. The zero-order valence-electron chi connectivity index (χ0n) is 11.7. The normalized spacial score (nSPS) is 13.7. The van der Waals surface area contributed by atoms with Crippen LogP contribution in [0.1, 0.15) is 13.8 Å². The van der Waals surface area contributed by atoms with Gasteiger partial charge in [-0.05, 0) is 30.2 Å². The minimum atomic E-state index is -3.72. The summed E-state index contributed by atoms with van der Waals surface area (Å²) in [7, 11) is -3.72. The minimum Gasteiger partial charge on any atom is -0.423 e. The fraction of sp³-hybridized carbons (Fsp3) is 0.357. The van der Waals surface area contributed by atoms with Crippen molar-refractivity contribution in [3.63, 3.8) is 0 Å². The Morgan fingerprint density at radius 2 is 1.95 bits per heavy atom. The second-order valence-corrected chi connectivity index (χ2v) is 6.88. The van der Waals surface area contributed by atoms with Crippen LogP contribution in [0.15, 0.2) is 44.4 Å². The van der Waals surface area contributed by atoms with E-state index in [4.69, 9.17) is 4.42 Å². The zero-order chi connectivity index (χ0) is 15.6. The van der Waals surface area contributed by atoms with Crippen LogP contribution in [0.4, 0.5) is 0 Å². The standard InChI is InChI=1S/C14H17NO5S/c1-9(2)12(16)8-15-21(18,19)11-4-5-13-10(7-11)3-6-14(17)20-13/h3-7,9,12,15-16H,8H2,1-2H3. The average Bonchev–Trinajstić information content (AvgIpc) is 2.44. The molecule has 7 heteroatoms. The molecule has 0 saturated heterocycles. The monoisotopic (exact) mass is 311 g/mol. The SMILES string of the molecule is CC(C)C(O)CNS(=O)(=O)c1ccc2oc(=O)ccc2c1. The number of sulfonamides is 1. The number of hydrogen-bond donors (Lipinski definition) is 2. The van der Waals surface area contributed by atoms with E-state index in [0.717, 1.165) is 0 Å². The Labute approximate surface area is 122 Å². The van der Waals surface area contributed by atoms with Gasteiger partial charge in [-0.15, -0.1) is 0 Å². The van der Waals surface area contributed by atoms with Crippen molar-refractivity contribution >= 4 is 21.0 Å². The molecule has 6 nitrogen and oxygen atoms in total. The highest BCUT2D eigenvalue weighted by Gasteiger charge is 2.18. The van der Waals surface area contributed by atoms with Crippen molar-refractivity contribution in [1.29, 1.82) is 0 Å². The van der Waals surface area contributed by atoms with E-state index >= 15 is 0 Å². The van der Waals surface area contributed by atoms with Crippen molar-refractivity contribution in [1.82, 2.24) is 4.72 Å². The molecule has 0 aliphatic carbocycles. The van der Waals surface area contributed by atoms with Crippen LogP contribution >= 0.6 is 0 Å². The van der Waals surface area contributed by atoms with E-state index in [0.29, 0.717) is 11.0 Å². The molecule has 0 aliphatic heterocycles. The highest BCUT2D eigenvalue weighted by atomic mass is 32.2. The van der Waals surface area contributed by atoms with Gasteiger partial charge in [-0.3, -0.25) is 0 Å². The summed E-state index contributed by atoms with van der Waals surface area (Å²) in [4.78, 5) is 11.1. The molecule has 1 atom stereocenters. The van der Waals surface area contributed by atoms with Crippen LogP contribution in [-0.4, -0.2) is 26.2 Å². The van der Waals surface area contributed by atoms with Gasteiger partial charge < -0.3 is 9.52 Å². The first kappa shape index (κ1) is 15.7. The molecule has 1 unspecified atom stereocenters. The first-order valence-corrected chi connectivity index (χ1v) is 7.99. The lowest BCUT2D eigenvalue weighted by atomic mass is 10.1. The second-order valence-electron chi connectivity index (χ2n) is 5.12. The largest absolute Gasteiger partial charge is 0.423 e. The molecule has 0 radical (unpaired) electrons. The summed E-state index contributed by atoms with van der Waals surface area (Å²) >= 11 is 0. The maximum Gasteiger partial charge on any atom is 0.336 e.